The molecule has 0 aromatic heterocycles. The summed E-state index contributed by atoms with van der Waals surface area (Å²) in [4.78, 5) is 22.3. The highest BCUT2D eigenvalue weighted by Gasteiger charge is 2.32. The number of carbonyl (C=O) groups excluding carboxylic acids is 2. The van der Waals surface area contributed by atoms with Crippen LogP contribution in [0.2, 0.25) is 10.0 Å². The van der Waals surface area contributed by atoms with Gasteiger partial charge in [-0.15, -0.1) is 0 Å². The Hall–Kier alpha value is -1.26. The molecule has 1 saturated heterocycles. The number of imide groups is 1. The minimum atomic E-state index is -0.760. The largest absolute Gasteiger partial charge is 0.322 e. The van der Waals surface area contributed by atoms with E-state index < -0.39 is 18.0 Å². The number of urea groups is 1. The molecule has 4 nitrogen and oxygen atoms in total. The van der Waals surface area contributed by atoms with Crippen molar-refractivity contribution in [3.8, 4) is 0 Å². The van der Waals surface area contributed by atoms with Gasteiger partial charge in [0.05, 0.1) is 10.0 Å². The quantitative estimate of drug-likeness (QED) is 0.742. The van der Waals surface area contributed by atoms with Crippen LogP contribution in [-0.4, -0.2) is 11.9 Å². The molecule has 1 aromatic carbocycles. The Morgan fingerprint density at radius 3 is 2.53 bits per heavy atom. The predicted molar refractivity (Wildman–Crippen MR) is 55.9 cm³/mol. The number of carbonyl (C=O) groups is 2. The van der Waals surface area contributed by atoms with E-state index in [1.54, 1.807) is 18.2 Å². The van der Waals surface area contributed by atoms with Crippen molar-refractivity contribution >= 4 is 35.1 Å². The molecule has 1 unspecified atom stereocenters. The van der Waals surface area contributed by atoms with Crippen LogP contribution in [0.5, 0.6) is 0 Å². The topological polar surface area (TPSA) is 58.2 Å². The highest BCUT2D eigenvalue weighted by molar-refractivity contribution is 6.42. The van der Waals surface area contributed by atoms with Gasteiger partial charge < -0.3 is 5.32 Å². The van der Waals surface area contributed by atoms with Crippen molar-refractivity contribution in [2.24, 2.45) is 0 Å². The smallest absolute Gasteiger partial charge is 0.322 e. The summed E-state index contributed by atoms with van der Waals surface area (Å²) in [6.07, 6.45) is 0. The zero-order valence-corrected chi connectivity index (χ0v) is 8.89. The summed E-state index contributed by atoms with van der Waals surface area (Å²) in [7, 11) is 0. The third kappa shape index (κ3) is 1.78. The number of halogens is 2. The van der Waals surface area contributed by atoms with Gasteiger partial charge in [0.1, 0.15) is 6.04 Å². The van der Waals surface area contributed by atoms with Gasteiger partial charge in [-0.3, -0.25) is 10.1 Å². The molecule has 0 bridgehead atoms. The standard InChI is InChI=1S/C9H6Cl2N2O2/c10-5-3-1-2-4(6(5)11)7-8(14)13-9(15)12-7/h1-3,7H,(H2,12,13,14,15). The first-order valence-corrected chi connectivity index (χ1v) is 4.90. The molecule has 0 radical (unpaired) electrons. The van der Waals surface area contributed by atoms with E-state index in [1.807, 2.05) is 0 Å². The minimum Gasteiger partial charge on any atom is -0.322 e. The lowest BCUT2D eigenvalue weighted by molar-refractivity contribution is -0.120. The van der Waals surface area contributed by atoms with E-state index in [0.29, 0.717) is 10.6 Å². The molecule has 1 aliphatic heterocycles. The molecule has 1 atom stereocenters. The van der Waals surface area contributed by atoms with Crippen LogP contribution in [0.1, 0.15) is 11.6 Å². The van der Waals surface area contributed by atoms with Crippen molar-refractivity contribution in [1.29, 1.82) is 0 Å². The average Bonchev–Trinajstić information content (AvgIpc) is 2.50. The van der Waals surface area contributed by atoms with Gasteiger partial charge in [0.25, 0.3) is 5.91 Å². The first kappa shape index (κ1) is 10.3. The lowest BCUT2D eigenvalue weighted by Gasteiger charge is -2.10. The van der Waals surface area contributed by atoms with Crippen molar-refractivity contribution < 1.29 is 9.59 Å². The zero-order valence-electron chi connectivity index (χ0n) is 7.38. The van der Waals surface area contributed by atoms with Crippen LogP contribution < -0.4 is 10.6 Å². The molecule has 3 amide bonds. The number of rotatable bonds is 1. The molecular weight excluding hydrogens is 239 g/mol. The van der Waals surface area contributed by atoms with E-state index in [9.17, 15) is 9.59 Å². The van der Waals surface area contributed by atoms with Crippen molar-refractivity contribution in [1.82, 2.24) is 10.6 Å². The van der Waals surface area contributed by atoms with E-state index in [2.05, 4.69) is 10.6 Å². The fourth-order valence-electron chi connectivity index (χ4n) is 1.38. The molecule has 0 saturated carbocycles. The highest BCUT2D eigenvalue weighted by Crippen LogP contribution is 2.30. The summed E-state index contributed by atoms with van der Waals surface area (Å²) in [6, 6.07) is 3.64. The van der Waals surface area contributed by atoms with Gasteiger partial charge in [-0.25, -0.2) is 4.79 Å². The van der Waals surface area contributed by atoms with Crippen LogP contribution in [0.25, 0.3) is 0 Å². The minimum absolute atomic E-state index is 0.279. The SMILES string of the molecule is O=C1NC(=O)C(c2cccc(Cl)c2Cl)N1. The van der Waals surface area contributed by atoms with Crippen LogP contribution >= 0.6 is 23.2 Å². The van der Waals surface area contributed by atoms with Crippen LogP contribution in [-0.2, 0) is 4.79 Å². The lowest BCUT2D eigenvalue weighted by atomic mass is 10.1. The van der Waals surface area contributed by atoms with Gasteiger partial charge in [0, 0.05) is 5.56 Å². The Bertz CT molecular complexity index is 448. The van der Waals surface area contributed by atoms with Crippen molar-refractivity contribution in [2.45, 2.75) is 6.04 Å². The third-order valence-corrected chi connectivity index (χ3v) is 2.90. The molecule has 1 fully saturated rings. The number of nitrogens with one attached hydrogen (secondary N) is 2. The maximum atomic E-state index is 11.4. The average molecular weight is 245 g/mol. The van der Waals surface area contributed by atoms with Gasteiger partial charge in [-0.2, -0.15) is 0 Å². The first-order valence-electron chi connectivity index (χ1n) is 4.15. The van der Waals surface area contributed by atoms with Gasteiger partial charge in [0.2, 0.25) is 0 Å². The Kier molecular flexibility index (Phi) is 2.54. The second-order valence-electron chi connectivity index (χ2n) is 3.04. The van der Waals surface area contributed by atoms with Crippen molar-refractivity contribution in [3.63, 3.8) is 0 Å². The Labute approximate surface area is 95.5 Å². The Balaban J connectivity index is 2.42. The normalized spacial score (nSPS) is 20.0. The van der Waals surface area contributed by atoms with Crippen molar-refractivity contribution in [2.75, 3.05) is 0 Å². The maximum Gasteiger partial charge on any atom is 0.322 e. The van der Waals surface area contributed by atoms with E-state index in [0.717, 1.165) is 0 Å². The van der Waals surface area contributed by atoms with Gasteiger partial charge >= 0.3 is 6.03 Å². The Morgan fingerprint density at radius 1 is 1.20 bits per heavy atom. The number of hydrogen-bond donors (Lipinski definition) is 2. The summed E-state index contributed by atoms with van der Waals surface area (Å²) >= 11 is 11.7. The fourth-order valence-corrected chi connectivity index (χ4v) is 1.80. The van der Waals surface area contributed by atoms with E-state index in [4.69, 9.17) is 23.2 Å². The molecule has 1 heterocycles. The molecule has 1 aliphatic rings. The highest BCUT2D eigenvalue weighted by atomic mass is 35.5. The van der Waals surface area contributed by atoms with Gasteiger partial charge in [-0.05, 0) is 6.07 Å². The van der Waals surface area contributed by atoms with Gasteiger partial charge in [0.15, 0.2) is 0 Å². The number of hydrogen-bond acceptors (Lipinski definition) is 2. The molecule has 1 aromatic rings. The summed E-state index contributed by atoms with van der Waals surface area (Å²) in [6.45, 7) is 0. The third-order valence-electron chi connectivity index (χ3n) is 2.07. The van der Waals surface area contributed by atoms with E-state index >= 15 is 0 Å². The molecule has 2 N–H and O–H groups in total. The fraction of sp³-hybridized carbons (Fsp3) is 0.111. The maximum absolute atomic E-state index is 11.4. The predicted octanol–water partition coefficient (Wildman–Crippen LogP) is 1.87. The molecule has 15 heavy (non-hydrogen) atoms. The summed E-state index contributed by atoms with van der Waals surface area (Å²) in [5.74, 6) is -0.427. The van der Waals surface area contributed by atoms with Crippen LogP contribution in [0, 0.1) is 0 Å². The summed E-state index contributed by atoms with van der Waals surface area (Å²) in [5.41, 5.74) is 0.493. The molecular formula is C9H6Cl2N2O2. The summed E-state index contributed by atoms with van der Waals surface area (Å²) in [5, 5.41) is 5.20. The lowest BCUT2D eigenvalue weighted by Crippen LogP contribution is -2.22. The zero-order chi connectivity index (χ0) is 11.0. The molecule has 6 heteroatoms. The second kappa shape index (κ2) is 3.72. The first-order chi connectivity index (χ1) is 7.09. The second-order valence-corrected chi connectivity index (χ2v) is 3.82. The number of amides is 3. The summed E-state index contributed by atoms with van der Waals surface area (Å²) < 4.78 is 0. The van der Waals surface area contributed by atoms with E-state index in [-0.39, 0.29) is 5.02 Å². The molecule has 2 rings (SSSR count). The number of benzene rings is 1. The van der Waals surface area contributed by atoms with E-state index in [1.165, 1.54) is 0 Å². The van der Waals surface area contributed by atoms with Crippen LogP contribution in [0.15, 0.2) is 18.2 Å². The monoisotopic (exact) mass is 244 g/mol. The van der Waals surface area contributed by atoms with Crippen molar-refractivity contribution in [3.05, 3.63) is 33.8 Å². The molecule has 78 valence electrons. The van der Waals surface area contributed by atoms with Crippen LogP contribution in [0.3, 0.4) is 0 Å². The van der Waals surface area contributed by atoms with Gasteiger partial charge in [-0.1, -0.05) is 35.3 Å². The van der Waals surface area contributed by atoms with Crippen LogP contribution in [0.4, 0.5) is 4.79 Å². The Morgan fingerprint density at radius 2 is 1.93 bits per heavy atom. The molecule has 0 aliphatic carbocycles. The molecule has 0 spiro atoms.